The molecule has 4 nitrogen and oxygen atoms in total. The van der Waals surface area contributed by atoms with Gasteiger partial charge in [0.2, 0.25) is 9.84 Å². The fourth-order valence-corrected chi connectivity index (χ4v) is 2.10. The van der Waals surface area contributed by atoms with Crippen LogP contribution in [0.3, 0.4) is 0 Å². The molecule has 0 atom stereocenters. The van der Waals surface area contributed by atoms with Gasteiger partial charge >= 0.3 is 0 Å². The van der Waals surface area contributed by atoms with E-state index in [1.165, 1.54) is 24.3 Å². The average Bonchev–Trinajstić information content (AvgIpc) is 2.26. The SMILES string of the molecule is C=C(O)/C=C\C(=C)S(=O)(=O)c1ccc(O)cc1. The van der Waals surface area contributed by atoms with Crippen LogP contribution in [-0.4, -0.2) is 18.6 Å². The molecule has 5 heteroatoms. The maximum Gasteiger partial charge on any atom is 0.206 e. The number of rotatable bonds is 4. The third-order valence-corrected chi connectivity index (χ3v) is 3.67. The van der Waals surface area contributed by atoms with Crippen molar-refractivity contribution in [1.29, 1.82) is 0 Å². The molecule has 0 fully saturated rings. The number of aliphatic hydroxyl groups excluding tert-OH is 1. The molecule has 17 heavy (non-hydrogen) atoms. The van der Waals surface area contributed by atoms with Crippen LogP contribution < -0.4 is 0 Å². The lowest BCUT2D eigenvalue weighted by Gasteiger charge is -2.03. The summed E-state index contributed by atoms with van der Waals surface area (Å²) in [6, 6.07) is 5.10. The summed E-state index contributed by atoms with van der Waals surface area (Å²) in [5, 5.41) is 17.9. The second-order valence-corrected chi connectivity index (χ2v) is 5.29. The Morgan fingerprint density at radius 3 is 2.12 bits per heavy atom. The van der Waals surface area contributed by atoms with Crippen LogP contribution in [0.15, 0.2) is 65.1 Å². The standard InChI is InChI=1S/C12H12O4S/c1-9(13)3-4-10(2)17(15,16)12-7-5-11(14)6-8-12/h3-8,13-14H,1-2H2/b4-3-. The minimum Gasteiger partial charge on any atom is -0.509 e. The van der Waals surface area contributed by atoms with Gasteiger partial charge in [-0.3, -0.25) is 0 Å². The predicted molar refractivity (Wildman–Crippen MR) is 65.3 cm³/mol. The van der Waals surface area contributed by atoms with Gasteiger partial charge in [0.05, 0.1) is 9.80 Å². The van der Waals surface area contributed by atoms with Crippen molar-refractivity contribution in [2.75, 3.05) is 0 Å². The first kappa shape index (κ1) is 13.1. The van der Waals surface area contributed by atoms with E-state index in [2.05, 4.69) is 13.2 Å². The molecule has 1 rings (SSSR count). The van der Waals surface area contributed by atoms with E-state index in [1.807, 2.05) is 0 Å². The van der Waals surface area contributed by atoms with E-state index in [9.17, 15) is 8.42 Å². The molecule has 0 aliphatic rings. The molecule has 0 heterocycles. The summed E-state index contributed by atoms with van der Waals surface area (Å²) >= 11 is 0. The number of aliphatic hydroxyl groups is 1. The van der Waals surface area contributed by atoms with Crippen molar-refractivity contribution in [3.8, 4) is 5.75 Å². The van der Waals surface area contributed by atoms with E-state index in [1.54, 1.807) is 0 Å². The Morgan fingerprint density at radius 2 is 1.65 bits per heavy atom. The van der Waals surface area contributed by atoms with Gasteiger partial charge in [-0.05, 0) is 36.4 Å². The molecule has 0 unspecified atom stereocenters. The maximum absolute atomic E-state index is 11.9. The largest absolute Gasteiger partial charge is 0.509 e. The second kappa shape index (κ2) is 4.88. The van der Waals surface area contributed by atoms with Crippen LogP contribution in [0, 0.1) is 0 Å². The van der Waals surface area contributed by atoms with Crippen LogP contribution >= 0.6 is 0 Å². The molecular formula is C12H12O4S. The predicted octanol–water partition coefficient (Wildman–Crippen LogP) is 2.31. The Kier molecular flexibility index (Phi) is 3.75. The summed E-state index contributed by atoms with van der Waals surface area (Å²) in [4.78, 5) is -0.146. The molecule has 2 N–H and O–H groups in total. The van der Waals surface area contributed by atoms with Gasteiger partial charge in [0.1, 0.15) is 11.5 Å². The summed E-state index contributed by atoms with van der Waals surface area (Å²) < 4.78 is 23.8. The molecule has 0 aliphatic carbocycles. The van der Waals surface area contributed by atoms with Crippen molar-refractivity contribution in [1.82, 2.24) is 0 Å². The maximum atomic E-state index is 11.9. The van der Waals surface area contributed by atoms with E-state index in [0.717, 1.165) is 12.2 Å². The van der Waals surface area contributed by atoms with Crippen molar-refractivity contribution >= 4 is 9.84 Å². The Labute approximate surface area is 99.8 Å². The third-order valence-electron chi connectivity index (χ3n) is 1.95. The van der Waals surface area contributed by atoms with Crippen LogP contribution in [0.25, 0.3) is 0 Å². The van der Waals surface area contributed by atoms with E-state index >= 15 is 0 Å². The summed E-state index contributed by atoms with van der Waals surface area (Å²) in [6.45, 7) is 6.60. The zero-order valence-corrected chi connectivity index (χ0v) is 9.81. The molecular weight excluding hydrogens is 240 g/mol. The number of phenols is 1. The first-order valence-electron chi connectivity index (χ1n) is 4.63. The molecule has 0 aromatic heterocycles. The number of hydrogen-bond acceptors (Lipinski definition) is 4. The fourth-order valence-electron chi connectivity index (χ4n) is 1.06. The smallest absolute Gasteiger partial charge is 0.206 e. The van der Waals surface area contributed by atoms with Crippen LogP contribution in [0.5, 0.6) is 5.75 Å². The van der Waals surface area contributed by atoms with Gasteiger partial charge in [0.15, 0.2) is 0 Å². The highest BCUT2D eigenvalue weighted by Gasteiger charge is 2.16. The Bertz CT molecular complexity index is 565. The molecule has 0 aliphatic heterocycles. The van der Waals surface area contributed by atoms with E-state index in [-0.39, 0.29) is 21.3 Å². The molecule has 0 saturated carbocycles. The lowest BCUT2D eigenvalue weighted by atomic mass is 10.3. The summed E-state index contributed by atoms with van der Waals surface area (Å²) in [5.74, 6) is -0.277. The van der Waals surface area contributed by atoms with E-state index in [4.69, 9.17) is 10.2 Å². The highest BCUT2D eigenvalue weighted by Crippen LogP contribution is 2.21. The minimum absolute atomic E-state index is 0.0196. The molecule has 1 aromatic rings. The van der Waals surface area contributed by atoms with Gasteiger partial charge in [-0.1, -0.05) is 13.2 Å². The average molecular weight is 252 g/mol. The fraction of sp³-hybridized carbons (Fsp3) is 0. The first-order chi connectivity index (χ1) is 7.84. The van der Waals surface area contributed by atoms with Crippen LogP contribution in [0.4, 0.5) is 0 Å². The van der Waals surface area contributed by atoms with Crippen molar-refractivity contribution in [2.45, 2.75) is 4.90 Å². The molecule has 0 amide bonds. The number of hydrogen-bond donors (Lipinski definition) is 2. The number of sulfone groups is 1. The number of benzene rings is 1. The van der Waals surface area contributed by atoms with Crippen molar-refractivity contribution in [3.63, 3.8) is 0 Å². The van der Waals surface area contributed by atoms with E-state index < -0.39 is 9.84 Å². The van der Waals surface area contributed by atoms with Crippen molar-refractivity contribution in [3.05, 3.63) is 60.2 Å². The van der Waals surface area contributed by atoms with Gasteiger partial charge in [-0.25, -0.2) is 8.42 Å². The Morgan fingerprint density at radius 1 is 1.12 bits per heavy atom. The quantitative estimate of drug-likeness (QED) is 0.637. The van der Waals surface area contributed by atoms with Crippen LogP contribution in [-0.2, 0) is 9.84 Å². The van der Waals surface area contributed by atoms with Crippen LogP contribution in [0.1, 0.15) is 0 Å². The summed E-state index contributed by atoms with van der Waals surface area (Å²) in [5.41, 5.74) is 0. The van der Waals surface area contributed by atoms with E-state index in [0.29, 0.717) is 0 Å². The zero-order chi connectivity index (χ0) is 13.1. The number of phenolic OH excluding ortho intramolecular Hbond substituents is 1. The summed E-state index contributed by atoms with van der Waals surface area (Å²) in [7, 11) is -3.70. The van der Waals surface area contributed by atoms with Gasteiger partial charge < -0.3 is 10.2 Å². The van der Waals surface area contributed by atoms with Crippen LogP contribution in [0.2, 0.25) is 0 Å². The van der Waals surface area contributed by atoms with Gasteiger partial charge in [0.25, 0.3) is 0 Å². The summed E-state index contributed by atoms with van der Waals surface area (Å²) in [6.07, 6.45) is 2.30. The van der Waals surface area contributed by atoms with Gasteiger partial charge in [-0.2, -0.15) is 0 Å². The minimum atomic E-state index is -3.70. The lowest BCUT2D eigenvalue weighted by Crippen LogP contribution is -2.01. The molecule has 0 bridgehead atoms. The molecule has 1 aromatic carbocycles. The Balaban J connectivity index is 3.08. The molecule has 0 spiro atoms. The van der Waals surface area contributed by atoms with Crippen molar-refractivity contribution < 1.29 is 18.6 Å². The molecule has 90 valence electrons. The second-order valence-electron chi connectivity index (χ2n) is 3.29. The zero-order valence-electron chi connectivity index (χ0n) is 9.00. The third kappa shape index (κ3) is 3.22. The van der Waals surface area contributed by atoms with Gasteiger partial charge in [-0.15, -0.1) is 0 Å². The van der Waals surface area contributed by atoms with Crippen molar-refractivity contribution in [2.24, 2.45) is 0 Å². The number of allylic oxidation sites excluding steroid dienone is 2. The topological polar surface area (TPSA) is 74.6 Å². The highest BCUT2D eigenvalue weighted by atomic mass is 32.2. The number of aromatic hydroxyl groups is 1. The monoisotopic (exact) mass is 252 g/mol. The normalized spacial score (nSPS) is 11.5. The highest BCUT2D eigenvalue weighted by molar-refractivity contribution is 7.95. The molecule has 0 saturated heterocycles. The molecule has 0 radical (unpaired) electrons. The Hall–Kier alpha value is -2.01. The lowest BCUT2D eigenvalue weighted by molar-refractivity contribution is 0.435. The first-order valence-corrected chi connectivity index (χ1v) is 6.11. The van der Waals surface area contributed by atoms with Gasteiger partial charge in [0, 0.05) is 0 Å².